The summed E-state index contributed by atoms with van der Waals surface area (Å²) < 4.78 is 29.5. The first kappa shape index (κ1) is 26.4. The Labute approximate surface area is 227 Å². The van der Waals surface area contributed by atoms with E-state index in [2.05, 4.69) is 35.3 Å². The van der Waals surface area contributed by atoms with Gasteiger partial charge in [-0.1, -0.05) is 29.3 Å². The second-order valence-electron chi connectivity index (χ2n) is 9.16. The maximum atomic E-state index is 14.7. The molecule has 0 radical (unpaired) electrons. The van der Waals surface area contributed by atoms with E-state index in [1.165, 1.54) is 28.2 Å². The number of halogens is 4. The zero-order valence-corrected chi connectivity index (χ0v) is 21.8. The quantitative estimate of drug-likeness (QED) is 0.332. The Kier molecular flexibility index (Phi) is 7.84. The molecule has 4 aromatic rings. The molecule has 2 aromatic heterocycles. The van der Waals surface area contributed by atoms with Gasteiger partial charge in [-0.2, -0.15) is 9.90 Å². The van der Waals surface area contributed by atoms with Crippen LogP contribution in [0.3, 0.4) is 0 Å². The molecule has 14 heteroatoms. The van der Waals surface area contributed by atoms with E-state index in [0.717, 1.165) is 50.5 Å². The van der Waals surface area contributed by atoms with Gasteiger partial charge in [0, 0.05) is 55.8 Å². The Hall–Kier alpha value is -3.19. The van der Waals surface area contributed by atoms with E-state index >= 15 is 0 Å². The van der Waals surface area contributed by atoms with Crippen LogP contribution in [0.25, 0.3) is 0 Å². The van der Waals surface area contributed by atoms with Gasteiger partial charge in [-0.25, -0.2) is 18.4 Å². The van der Waals surface area contributed by atoms with Crippen LogP contribution in [0.4, 0.5) is 14.5 Å². The number of tetrazole rings is 1. The van der Waals surface area contributed by atoms with Crippen molar-refractivity contribution in [2.45, 2.75) is 25.1 Å². The average Bonchev–Trinajstić information content (AvgIpc) is 3.55. The molecule has 0 amide bonds. The van der Waals surface area contributed by atoms with Gasteiger partial charge in [0.1, 0.15) is 29.9 Å². The third kappa shape index (κ3) is 6.09. The maximum Gasteiger partial charge on any atom is 0.176 e. The SMILES string of the molecule is OC(Cn1cncn1)(Cn1nnc(CCN2CCN(c3ccc(Cl)cc3Cl)CC2)n1)c1ccc(F)cc1F. The number of aliphatic hydroxyl groups is 1. The fourth-order valence-corrected chi connectivity index (χ4v) is 5.08. The van der Waals surface area contributed by atoms with Crippen molar-refractivity contribution < 1.29 is 13.9 Å². The number of benzene rings is 2. The van der Waals surface area contributed by atoms with Crippen LogP contribution in [0.5, 0.6) is 0 Å². The van der Waals surface area contributed by atoms with Crippen molar-refractivity contribution in [2.75, 3.05) is 37.6 Å². The predicted octanol–water partition coefficient (Wildman–Crippen LogP) is 2.80. The normalized spacial score (nSPS) is 16.1. The summed E-state index contributed by atoms with van der Waals surface area (Å²) >= 11 is 12.4. The first-order chi connectivity index (χ1) is 18.3. The molecular weight excluding hydrogens is 539 g/mol. The fourth-order valence-electron chi connectivity index (χ4n) is 4.56. The summed E-state index contributed by atoms with van der Waals surface area (Å²) in [6.07, 6.45) is 3.25. The minimum Gasteiger partial charge on any atom is -0.381 e. The van der Waals surface area contributed by atoms with Gasteiger partial charge in [-0.15, -0.1) is 10.2 Å². The van der Waals surface area contributed by atoms with Gasteiger partial charge in [0.05, 0.1) is 23.8 Å². The first-order valence-corrected chi connectivity index (χ1v) is 12.7. The van der Waals surface area contributed by atoms with E-state index in [1.807, 2.05) is 12.1 Å². The fraction of sp³-hybridized carbons (Fsp3) is 0.375. The zero-order valence-electron chi connectivity index (χ0n) is 20.3. The van der Waals surface area contributed by atoms with Crippen molar-refractivity contribution in [1.82, 2.24) is 39.9 Å². The highest BCUT2D eigenvalue weighted by Gasteiger charge is 2.35. The van der Waals surface area contributed by atoms with Gasteiger partial charge in [0.15, 0.2) is 5.82 Å². The molecular formula is C24H25Cl2F2N9O. The number of aromatic nitrogens is 7. The lowest BCUT2D eigenvalue weighted by Gasteiger charge is -2.36. The van der Waals surface area contributed by atoms with Crippen molar-refractivity contribution >= 4 is 28.9 Å². The van der Waals surface area contributed by atoms with E-state index in [0.29, 0.717) is 22.3 Å². The summed E-state index contributed by atoms with van der Waals surface area (Å²) in [5.41, 5.74) is -0.967. The van der Waals surface area contributed by atoms with E-state index in [-0.39, 0.29) is 18.7 Å². The molecule has 200 valence electrons. The lowest BCUT2D eigenvalue weighted by Crippen LogP contribution is -2.47. The molecule has 1 saturated heterocycles. The summed E-state index contributed by atoms with van der Waals surface area (Å²) in [5, 5.41) is 29.3. The van der Waals surface area contributed by atoms with Crippen molar-refractivity contribution in [3.63, 3.8) is 0 Å². The molecule has 38 heavy (non-hydrogen) atoms. The molecule has 2 aromatic carbocycles. The van der Waals surface area contributed by atoms with E-state index in [4.69, 9.17) is 23.2 Å². The minimum absolute atomic E-state index is 0.105. The van der Waals surface area contributed by atoms with Gasteiger partial charge in [-0.05, 0) is 29.5 Å². The highest BCUT2D eigenvalue weighted by atomic mass is 35.5. The summed E-state index contributed by atoms with van der Waals surface area (Å²) in [6.45, 7) is 3.68. The number of hydrogen-bond acceptors (Lipinski definition) is 8. The highest BCUT2D eigenvalue weighted by Crippen LogP contribution is 2.30. The Balaban J connectivity index is 1.21. The second kappa shape index (κ2) is 11.3. The Morgan fingerprint density at radius 1 is 1.00 bits per heavy atom. The number of piperazine rings is 1. The molecule has 0 saturated carbocycles. The first-order valence-electron chi connectivity index (χ1n) is 12.0. The van der Waals surface area contributed by atoms with E-state index in [1.54, 1.807) is 6.07 Å². The molecule has 0 aliphatic carbocycles. The molecule has 3 heterocycles. The van der Waals surface area contributed by atoms with Crippen LogP contribution < -0.4 is 4.90 Å². The van der Waals surface area contributed by atoms with Crippen LogP contribution in [0, 0.1) is 11.6 Å². The van der Waals surface area contributed by atoms with Gasteiger partial charge in [0.2, 0.25) is 0 Å². The second-order valence-corrected chi connectivity index (χ2v) is 10.0. The zero-order chi connectivity index (χ0) is 26.7. The summed E-state index contributed by atoms with van der Waals surface area (Å²) in [5.74, 6) is -1.13. The molecule has 1 aliphatic rings. The summed E-state index contributed by atoms with van der Waals surface area (Å²) in [4.78, 5) is 9.61. The molecule has 0 spiro atoms. The highest BCUT2D eigenvalue weighted by molar-refractivity contribution is 6.36. The number of rotatable bonds is 9. The van der Waals surface area contributed by atoms with Gasteiger partial charge >= 0.3 is 0 Å². The van der Waals surface area contributed by atoms with E-state index < -0.39 is 17.2 Å². The Bertz CT molecular complexity index is 1380. The smallest absolute Gasteiger partial charge is 0.176 e. The third-order valence-electron chi connectivity index (χ3n) is 6.49. The molecule has 1 N–H and O–H groups in total. The number of hydrogen-bond donors (Lipinski definition) is 1. The van der Waals surface area contributed by atoms with Crippen molar-refractivity contribution in [3.8, 4) is 0 Å². The largest absolute Gasteiger partial charge is 0.381 e. The topological polar surface area (TPSA) is 101 Å². The van der Waals surface area contributed by atoms with Crippen LogP contribution in [0.2, 0.25) is 10.0 Å². The van der Waals surface area contributed by atoms with Crippen LogP contribution in [0.1, 0.15) is 11.4 Å². The van der Waals surface area contributed by atoms with Crippen LogP contribution in [-0.4, -0.2) is 77.7 Å². The van der Waals surface area contributed by atoms with Crippen LogP contribution >= 0.6 is 23.2 Å². The molecule has 10 nitrogen and oxygen atoms in total. The van der Waals surface area contributed by atoms with E-state index in [9.17, 15) is 13.9 Å². The van der Waals surface area contributed by atoms with Gasteiger partial charge < -0.3 is 10.0 Å². The molecule has 1 atom stereocenters. The van der Waals surface area contributed by atoms with Gasteiger partial charge in [-0.3, -0.25) is 4.90 Å². The summed E-state index contributed by atoms with van der Waals surface area (Å²) in [6, 6.07) is 8.54. The van der Waals surface area contributed by atoms with Crippen molar-refractivity contribution in [1.29, 1.82) is 0 Å². The van der Waals surface area contributed by atoms with Crippen molar-refractivity contribution in [2.24, 2.45) is 0 Å². The standard InChI is InChI=1S/C24H25Cl2F2N9O/c25-17-1-4-22(20(26)11-17)35-9-7-34(8-10-35)6-5-23-31-33-37(32-23)14-24(38,13-36-16-29-15-30-36)19-3-2-18(27)12-21(19)28/h1-4,11-12,15-16,38H,5-10,13-14H2. The molecule has 1 aliphatic heterocycles. The van der Waals surface area contributed by atoms with Gasteiger partial charge in [0.25, 0.3) is 0 Å². The number of anilines is 1. The molecule has 0 bridgehead atoms. The van der Waals surface area contributed by atoms with Crippen LogP contribution in [-0.2, 0) is 25.1 Å². The Morgan fingerprint density at radius 2 is 1.82 bits per heavy atom. The van der Waals surface area contributed by atoms with Crippen LogP contribution in [0.15, 0.2) is 49.1 Å². The predicted molar refractivity (Wildman–Crippen MR) is 137 cm³/mol. The Morgan fingerprint density at radius 3 is 2.53 bits per heavy atom. The summed E-state index contributed by atoms with van der Waals surface area (Å²) in [7, 11) is 0. The minimum atomic E-state index is -1.83. The average molecular weight is 564 g/mol. The lowest BCUT2D eigenvalue weighted by atomic mass is 9.93. The lowest BCUT2D eigenvalue weighted by molar-refractivity contribution is -0.0125. The third-order valence-corrected chi connectivity index (χ3v) is 7.03. The van der Waals surface area contributed by atoms with Crippen molar-refractivity contribution in [3.05, 3.63) is 82.1 Å². The molecule has 1 unspecified atom stereocenters. The number of nitrogens with zero attached hydrogens (tertiary/aromatic N) is 9. The monoisotopic (exact) mass is 563 g/mol. The molecule has 1 fully saturated rings. The molecule has 5 rings (SSSR count). The maximum absolute atomic E-state index is 14.7.